The van der Waals surface area contributed by atoms with Crippen LogP contribution in [0.15, 0.2) is 36.9 Å². The highest BCUT2D eigenvalue weighted by molar-refractivity contribution is 5.70. The summed E-state index contributed by atoms with van der Waals surface area (Å²) in [5, 5.41) is 10.7. The van der Waals surface area contributed by atoms with Gasteiger partial charge in [-0.3, -0.25) is 14.9 Å². The zero-order chi connectivity index (χ0) is 17.5. The van der Waals surface area contributed by atoms with Crippen LogP contribution in [0.3, 0.4) is 0 Å². The Morgan fingerprint density at radius 3 is 2.70 bits per heavy atom. The number of allylic oxidation sites excluding steroid dienone is 1. The molecule has 0 aliphatic heterocycles. The molecule has 0 saturated carbocycles. The fourth-order valence-corrected chi connectivity index (χ4v) is 1.97. The molecule has 0 saturated heterocycles. The monoisotopic (exact) mass is 321 g/mol. The Labute approximate surface area is 136 Å². The molecule has 1 atom stereocenters. The average Bonchev–Trinajstić information content (AvgIpc) is 2.43. The number of non-ortho nitro benzene ring substituents is 1. The quantitative estimate of drug-likeness (QED) is 0.314. The Morgan fingerprint density at radius 2 is 2.13 bits per heavy atom. The summed E-state index contributed by atoms with van der Waals surface area (Å²) < 4.78 is 10.9. The highest BCUT2D eigenvalue weighted by Crippen LogP contribution is 2.21. The molecule has 0 amide bonds. The number of benzene rings is 1. The Balaban J connectivity index is 2.62. The van der Waals surface area contributed by atoms with Crippen molar-refractivity contribution in [3.63, 3.8) is 0 Å². The molecule has 0 spiro atoms. The van der Waals surface area contributed by atoms with Crippen LogP contribution in [0.5, 0.6) is 5.75 Å². The number of rotatable bonds is 8. The van der Waals surface area contributed by atoms with Gasteiger partial charge < -0.3 is 9.47 Å². The SMILES string of the molecule is C=CC[C@H](COc1cccc([N+](=O)[O-])c1)CC(=O)OC(C)(C)C. The van der Waals surface area contributed by atoms with Crippen LogP contribution in [0, 0.1) is 16.0 Å². The van der Waals surface area contributed by atoms with E-state index in [1.807, 2.05) is 20.8 Å². The average molecular weight is 321 g/mol. The summed E-state index contributed by atoms with van der Waals surface area (Å²) >= 11 is 0. The van der Waals surface area contributed by atoms with E-state index in [0.29, 0.717) is 12.2 Å². The smallest absolute Gasteiger partial charge is 0.306 e. The van der Waals surface area contributed by atoms with Crippen molar-refractivity contribution in [2.45, 2.75) is 39.2 Å². The largest absolute Gasteiger partial charge is 0.493 e. The Morgan fingerprint density at radius 1 is 1.43 bits per heavy atom. The molecule has 0 bridgehead atoms. The Kier molecular flexibility index (Phi) is 6.75. The zero-order valence-corrected chi connectivity index (χ0v) is 13.8. The molecule has 0 aliphatic rings. The van der Waals surface area contributed by atoms with Gasteiger partial charge >= 0.3 is 5.97 Å². The maximum absolute atomic E-state index is 11.9. The number of hydrogen-bond acceptors (Lipinski definition) is 5. The molecule has 0 aromatic heterocycles. The van der Waals surface area contributed by atoms with Crippen LogP contribution in [0.4, 0.5) is 5.69 Å². The van der Waals surface area contributed by atoms with Gasteiger partial charge in [-0.05, 0) is 33.3 Å². The second-order valence-corrected chi connectivity index (χ2v) is 6.25. The minimum absolute atomic E-state index is 0.0325. The minimum atomic E-state index is -0.531. The fraction of sp³-hybridized carbons (Fsp3) is 0.471. The van der Waals surface area contributed by atoms with Gasteiger partial charge in [-0.25, -0.2) is 0 Å². The van der Waals surface area contributed by atoms with Crippen LogP contribution >= 0.6 is 0 Å². The van der Waals surface area contributed by atoms with E-state index in [1.54, 1.807) is 18.2 Å². The van der Waals surface area contributed by atoms with Crippen molar-refractivity contribution in [1.29, 1.82) is 0 Å². The van der Waals surface area contributed by atoms with E-state index in [0.717, 1.165) is 0 Å². The van der Waals surface area contributed by atoms with E-state index in [-0.39, 0.29) is 30.6 Å². The van der Waals surface area contributed by atoms with Gasteiger partial charge in [0.15, 0.2) is 0 Å². The zero-order valence-electron chi connectivity index (χ0n) is 13.8. The molecule has 0 aliphatic carbocycles. The number of nitro benzene ring substituents is 1. The number of esters is 1. The van der Waals surface area contributed by atoms with Gasteiger partial charge in [0, 0.05) is 12.0 Å². The van der Waals surface area contributed by atoms with E-state index >= 15 is 0 Å². The summed E-state index contributed by atoms with van der Waals surface area (Å²) in [5.74, 6) is 0.00561. The predicted octanol–water partition coefficient (Wildman–Crippen LogP) is 3.90. The lowest BCUT2D eigenvalue weighted by Gasteiger charge is -2.22. The summed E-state index contributed by atoms with van der Waals surface area (Å²) in [5.41, 5.74) is -0.564. The summed E-state index contributed by atoms with van der Waals surface area (Å²) in [6.45, 7) is 9.37. The third-order valence-corrected chi connectivity index (χ3v) is 2.89. The molecule has 0 fully saturated rings. The van der Waals surface area contributed by atoms with Crippen LogP contribution < -0.4 is 4.74 Å². The molecule has 1 aromatic carbocycles. The van der Waals surface area contributed by atoms with Crippen LogP contribution in [0.2, 0.25) is 0 Å². The number of ether oxygens (including phenoxy) is 2. The van der Waals surface area contributed by atoms with E-state index in [9.17, 15) is 14.9 Å². The molecule has 0 heterocycles. The van der Waals surface area contributed by atoms with Gasteiger partial charge in [0.25, 0.3) is 5.69 Å². The first kappa shape index (κ1) is 18.7. The normalized spacial score (nSPS) is 12.3. The van der Waals surface area contributed by atoms with Crippen molar-refractivity contribution in [3.05, 3.63) is 47.0 Å². The first-order chi connectivity index (χ1) is 10.7. The Bertz CT molecular complexity index is 562. The third-order valence-electron chi connectivity index (χ3n) is 2.89. The Hall–Kier alpha value is -2.37. The van der Waals surface area contributed by atoms with E-state index < -0.39 is 10.5 Å². The van der Waals surface area contributed by atoms with Gasteiger partial charge in [0.05, 0.1) is 24.0 Å². The van der Waals surface area contributed by atoms with Gasteiger partial charge in [0.2, 0.25) is 0 Å². The van der Waals surface area contributed by atoms with Crippen molar-refractivity contribution in [1.82, 2.24) is 0 Å². The molecule has 1 aromatic rings. The second kappa shape index (κ2) is 8.31. The van der Waals surface area contributed by atoms with E-state index in [1.165, 1.54) is 12.1 Å². The molecule has 0 unspecified atom stereocenters. The van der Waals surface area contributed by atoms with Crippen molar-refractivity contribution in [2.75, 3.05) is 6.61 Å². The molecule has 23 heavy (non-hydrogen) atoms. The maximum atomic E-state index is 11.9. The summed E-state index contributed by atoms with van der Waals surface area (Å²) in [6.07, 6.45) is 2.51. The van der Waals surface area contributed by atoms with Crippen molar-refractivity contribution in [2.24, 2.45) is 5.92 Å². The number of carbonyl (C=O) groups excluding carboxylic acids is 1. The molecule has 6 heteroatoms. The first-order valence-corrected chi connectivity index (χ1v) is 7.41. The number of nitro groups is 1. The minimum Gasteiger partial charge on any atom is -0.493 e. The van der Waals surface area contributed by atoms with Crippen molar-refractivity contribution in [3.8, 4) is 5.75 Å². The molecule has 0 radical (unpaired) electrons. The predicted molar refractivity (Wildman–Crippen MR) is 87.4 cm³/mol. The molecule has 1 rings (SSSR count). The fourth-order valence-electron chi connectivity index (χ4n) is 1.97. The summed E-state index contributed by atoms with van der Waals surface area (Å²) in [6, 6.07) is 5.96. The molecule has 0 N–H and O–H groups in total. The standard InChI is InChI=1S/C17H23NO5/c1-5-7-13(10-16(19)23-17(2,3)4)12-22-15-9-6-8-14(11-15)18(20)21/h5-6,8-9,11,13H,1,7,10,12H2,2-4H3/t13-/m0/s1. The number of carbonyl (C=O) groups is 1. The highest BCUT2D eigenvalue weighted by Gasteiger charge is 2.20. The van der Waals surface area contributed by atoms with E-state index in [2.05, 4.69) is 6.58 Å². The van der Waals surface area contributed by atoms with Crippen LogP contribution in [0.25, 0.3) is 0 Å². The van der Waals surface area contributed by atoms with Gasteiger partial charge in [-0.15, -0.1) is 6.58 Å². The lowest BCUT2D eigenvalue weighted by molar-refractivity contribution is -0.384. The summed E-state index contributed by atoms with van der Waals surface area (Å²) in [7, 11) is 0. The van der Waals surface area contributed by atoms with Crippen LogP contribution in [-0.2, 0) is 9.53 Å². The molecular formula is C17H23NO5. The number of nitrogens with zero attached hydrogens (tertiary/aromatic N) is 1. The van der Waals surface area contributed by atoms with Gasteiger partial charge in [0.1, 0.15) is 11.4 Å². The highest BCUT2D eigenvalue weighted by atomic mass is 16.6. The van der Waals surface area contributed by atoms with Crippen molar-refractivity contribution >= 4 is 11.7 Å². The van der Waals surface area contributed by atoms with Gasteiger partial charge in [-0.2, -0.15) is 0 Å². The van der Waals surface area contributed by atoms with E-state index in [4.69, 9.17) is 9.47 Å². The maximum Gasteiger partial charge on any atom is 0.306 e. The van der Waals surface area contributed by atoms with Gasteiger partial charge in [-0.1, -0.05) is 12.1 Å². The van der Waals surface area contributed by atoms with Crippen LogP contribution in [-0.4, -0.2) is 23.1 Å². The molecule has 6 nitrogen and oxygen atoms in total. The lowest BCUT2D eigenvalue weighted by Crippen LogP contribution is -2.26. The van der Waals surface area contributed by atoms with Crippen molar-refractivity contribution < 1.29 is 19.2 Å². The topological polar surface area (TPSA) is 78.7 Å². The van der Waals surface area contributed by atoms with Crippen LogP contribution in [0.1, 0.15) is 33.6 Å². The summed E-state index contributed by atoms with van der Waals surface area (Å²) in [4.78, 5) is 22.2. The lowest BCUT2D eigenvalue weighted by atomic mass is 10.0. The third kappa shape index (κ3) is 7.44. The first-order valence-electron chi connectivity index (χ1n) is 7.41. The molecule has 126 valence electrons. The number of hydrogen-bond donors (Lipinski definition) is 0. The molecular weight excluding hydrogens is 298 g/mol. The second-order valence-electron chi connectivity index (χ2n) is 6.25.